The van der Waals surface area contributed by atoms with Crippen molar-refractivity contribution in [2.24, 2.45) is 0 Å². The van der Waals surface area contributed by atoms with Crippen molar-refractivity contribution in [3.8, 4) is 0 Å². The van der Waals surface area contributed by atoms with E-state index in [1.54, 1.807) is 0 Å². The fourth-order valence-corrected chi connectivity index (χ4v) is 2.23. The van der Waals surface area contributed by atoms with Crippen molar-refractivity contribution in [3.63, 3.8) is 0 Å². The first kappa shape index (κ1) is 12.5. The van der Waals surface area contributed by atoms with Gasteiger partial charge in [-0.2, -0.15) is 11.1 Å². The summed E-state index contributed by atoms with van der Waals surface area (Å²) in [5.41, 5.74) is 0. The number of halogens is 3. The molecule has 2 radical (unpaired) electrons. The van der Waals surface area contributed by atoms with Gasteiger partial charge in [0.05, 0.1) is 0 Å². The molecule has 0 atom stereocenters. The Morgan fingerprint density at radius 3 is 2.00 bits per heavy atom. The number of hydrogen-bond acceptors (Lipinski definition) is 0. The molecule has 0 N–H and O–H groups in total. The van der Waals surface area contributed by atoms with Crippen molar-refractivity contribution in [2.75, 3.05) is 5.33 Å². The van der Waals surface area contributed by atoms with Crippen molar-refractivity contribution < 1.29 is 0 Å². The van der Waals surface area contributed by atoms with E-state index in [0.29, 0.717) is 8.83 Å². The molecule has 0 unspecified atom stereocenters. The van der Waals surface area contributed by atoms with Crippen LogP contribution in [0, 0.1) is 0 Å². The third-order valence-corrected chi connectivity index (χ3v) is 3.31. The Balaban J connectivity index is 0.000000217. The Morgan fingerprint density at radius 1 is 1.25 bits per heavy atom. The molecule has 0 saturated heterocycles. The molecule has 0 spiro atoms. The molecule has 66 valence electrons. The molecule has 0 aliphatic rings. The monoisotopic (exact) mass is 282 g/mol. The summed E-state index contributed by atoms with van der Waals surface area (Å²) in [6.45, 7) is 0. The average Bonchev–Trinajstić information content (AvgIpc) is 2.08. The molecule has 0 aliphatic heterocycles. The first-order chi connectivity index (χ1) is 5.81. The molecule has 1 rings (SSSR count). The summed E-state index contributed by atoms with van der Waals surface area (Å²) in [6.07, 6.45) is 0. The van der Waals surface area contributed by atoms with Gasteiger partial charge in [0.2, 0.25) is 0 Å². The Bertz CT molecular complexity index is 180. The second-order valence-electron chi connectivity index (χ2n) is 1.87. The summed E-state index contributed by atoms with van der Waals surface area (Å²) in [5, 5.41) is 1.83. The fourth-order valence-electron chi connectivity index (χ4n) is 0.450. The minimum Gasteiger partial charge on any atom is -0.171 e. The second kappa shape index (κ2) is 9.58. The van der Waals surface area contributed by atoms with Gasteiger partial charge in [0.25, 0.3) is 0 Å². The average molecular weight is 284 g/mol. The topological polar surface area (TPSA) is 0 Å². The number of rotatable bonds is 2. The minimum atomic E-state index is 0.583. The zero-order valence-electron chi connectivity index (χ0n) is 6.43. The maximum Gasteiger partial charge on any atom is 0.172 e. The Kier molecular flexibility index (Phi) is 9.98. The van der Waals surface area contributed by atoms with Gasteiger partial charge in [-0.3, -0.25) is 0 Å². The first-order valence-corrected chi connectivity index (χ1v) is 7.13. The van der Waals surface area contributed by atoms with E-state index in [1.807, 2.05) is 30.3 Å². The van der Waals surface area contributed by atoms with Crippen LogP contribution in [0.5, 0.6) is 0 Å². The number of alkyl halides is 1. The summed E-state index contributed by atoms with van der Waals surface area (Å²) in [7, 11) is 0.583. The molecule has 0 fully saturated rings. The maximum absolute atomic E-state index is 5.54. The predicted molar refractivity (Wildman–Crippen MR) is 61.7 cm³/mol. The third-order valence-electron chi connectivity index (χ3n) is 0.922. The summed E-state index contributed by atoms with van der Waals surface area (Å²) < 4.78 is 0. The molecule has 0 heterocycles. The number of benzene rings is 1. The molecule has 0 aromatic heterocycles. The second-order valence-corrected chi connectivity index (χ2v) is 4.67. The van der Waals surface area contributed by atoms with Crippen molar-refractivity contribution >= 4 is 47.4 Å². The molecule has 4 heteroatoms. The molecule has 0 saturated carbocycles. The lowest BCUT2D eigenvalue weighted by atomic mass is 10.4. The summed E-state index contributed by atoms with van der Waals surface area (Å²) >= 11 is 14.1. The van der Waals surface area contributed by atoms with E-state index in [1.165, 1.54) is 0 Å². The van der Waals surface area contributed by atoms with Gasteiger partial charge >= 0.3 is 0 Å². The predicted octanol–water partition coefficient (Wildman–Crippen LogP) is 4.00. The van der Waals surface area contributed by atoms with Crippen LogP contribution in [0.4, 0.5) is 0 Å². The Morgan fingerprint density at radius 2 is 1.83 bits per heavy atom. The van der Waals surface area contributed by atoms with Gasteiger partial charge in [-0.05, 0) is 18.2 Å². The van der Waals surface area contributed by atoms with Gasteiger partial charge < -0.3 is 0 Å². The van der Waals surface area contributed by atoms with Gasteiger partial charge in [0, 0.05) is 10.4 Å². The molecule has 1 aromatic carbocycles. The van der Waals surface area contributed by atoms with E-state index in [0.717, 1.165) is 16.4 Å². The van der Waals surface area contributed by atoms with Crippen LogP contribution in [-0.2, 0) is 0 Å². The molecule has 0 bridgehead atoms. The van der Waals surface area contributed by atoms with E-state index in [4.69, 9.17) is 22.7 Å². The van der Waals surface area contributed by atoms with Gasteiger partial charge in [0.1, 0.15) is 0 Å². The van der Waals surface area contributed by atoms with Gasteiger partial charge in [-0.25, -0.2) is 0 Å². The van der Waals surface area contributed by atoms with Crippen LogP contribution >= 0.6 is 38.6 Å². The quantitative estimate of drug-likeness (QED) is 0.437. The van der Waals surface area contributed by atoms with Gasteiger partial charge in [0.15, 0.2) is 8.83 Å². The molecule has 1 aromatic rings. The van der Waals surface area contributed by atoms with E-state index in [9.17, 15) is 0 Å². The Labute approximate surface area is 93.9 Å². The van der Waals surface area contributed by atoms with Crippen molar-refractivity contribution in [1.29, 1.82) is 0 Å². The van der Waals surface area contributed by atoms with Crippen molar-refractivity contribution in [3.05, 3.63) is 35.4 Å². The van der Waals surface area contributed by atoms with Crippen LogP contribution in [0.15, 0.2) is 30.3 Å². The van der Waals surface area contributed by atoms with Gasteiger partial charge in [-0.15, -0.1) is 0 Å². The molecular weight excluding hydrogens is 275 g/mol. The summed E-state index contributed by atoms with van der Waals surface area (Å²) in [5.74, 6) is 0. The highest BCUT2D eigenvalue weighted by Crippen LogP contribution is 2.03. The zero-order valence-corrected chi connectivity index (χ0v) is 10.5. The SMILES string of the molecule is Cl[Si]CCBr.Clc1ccccc1. The minimum absolute atomic E-state index is 0.583. The lowest BCUT2D eigenvalue weighted by Crippen LogP contribution is -1.73. The summed E-state index contributed by atoms with van der Waals surface area (Å²) in [6, 6.07) is 10.5. The van der Waals surface area contributed by atoms with Crippen LogP contribution < -0.4 is 0 Å². The van der Waals surface area contributed by atoms with Crippen LogP contribution in [0.1, 0.15) is 0 Å². The van der Waals surface area contributed by atoms with Crippen molar-refractivity contribution in [1.82, 2.24) is 0 Å². The fraction of sp³-hybridized carbons (Fsp3) is 0.250. The summed E-state index contributed by atoms with van der Waals surface area (Å²) in [4.78, 5) is 0. The largest absolute Gasteiger partial charge is 0.172 e. The molecule has 12 heavy (non-hydrogen) atoms. The smallest absolute Gasteiger partial charge is 0.171 e. The van der Waals surface area contributed by atoms with E-state index >= 15 is 0 Å². The maximum atomic E-state index is 5.54. The van der Waals surface area contributed by atoms with E-state index < -0.39 is 0 Å². The van der Waals surface area contributed by atoms with E-state index in [2.05, 4.69) is 15.9 Å². The van der Waals surface area contributed by atoms with Crippen LogP contribution in [0.3, 0.4) is 0 Å². The number of hydrogen-bond donors (Lipinski definition) is 0. The van der Waals surface area contributed by atoms with E-state index in [-0.39, 0.29) is 0 Å². The molecule has 0 nitrogen and oxygen atoms in total. The standard InChI is InChI=1S/C6H5Cl.C2H4BrClSi/c7-6-4-2-1-3-5-6;3-1-2-5-4/h1-5H;1-2H2. The zero-order chi connectivity index (χ0) is 9.23. The highest BCUT2D eigenvalue weighted by Gasteiger charge is 1.75. The molecular formula is C8H9BrCl2Si. The lowest BCUT2D eigenvalue weighted by molar-refractivity contribution is 1.53. The van der Waals surface area contributed by atoms with Crippen LogP contribution in [0.25, 0.3) is 0 Å². The van der Waals surface area contributed by atoms with Crippen LogP contribution in [0.2, 0.25) is 11.1 Å². The third kappa shape index (κ3) is 8.59. The molecule has 0 aliphatic carbocycles. The van der Waals surface area contributed by atoms with Gasteiger partial charge in [-0.1, -0.05) is 45.7 Å². The highest BCUT2D eigenvalue weighted by molar-refractivity contribution is 9.09. The Hall–Kier alpha value is 0.497. The van der Waals surface area contributed by atoms with Crippen molar-refractivity contribution in [2.45, 2.75) is 6.04 Å². The van der Waals surface area contributed by atoms with Crippen LogP contribution in [-0.4, -0.2) is 14.2 Å². The molecule has 0 amide bonds. The normalized spacial score (nSPS) is 8.58. The lowest BCUT2D eigenvalue weighted by Gasteiger charge is -1.80. The highest BCUT2D eigenvalue weighted by atomic mass is 79.9. The first-order valence-electron chi connectivity index (χ1n) is 3.41.